The number of nitrogens with two attached hydrogens (primary N) is 1. The van der Waals surface area contributed by atoms with E-state index in [1.165, 1.54) is 17.8 Å². The zero-order valence-electron chi connectivity index (χ0n) is 14.5. The van der Waals surface area contributed by atoms with Crippen LogP contribution in [0.25, 0.3) is 22.0 Å². The zero-order valence-corrected chi connectivity index (χ0v) is 15.4. The third-order valence-corrected chi connectivity index (χ3v) is 5.20. The fourth-order valence-electron chi connectivity index (χ4n) is 2.89. The topological polar surface area (TPSA) is 104 Å². The molecule has 3 aromatic heterocycles. The monoisotopic (exact) mass is 372 g/mol. The number of nitrogen functional groups attached to an aromatic ring is 1. The Hall–Kier alpha value is -3.37. The Morgan fingerprint density at radius 3 is 2.78 bits per heavy atom. The lowest BCUT2D eigenvalue weighted by Gasteiger charge is -2.10. The molecule has 7 heteroatoms. The van der Waals surface area contributed by atoms with Gasteiger partial charge in [0.05, 0.1) is 22.7 Å². The van der Waals surface area contributed by atoms with Gasteiger partial charge in [0.25, 0.3) is 0 Å². The maximum Gasteiger partial charge on any atom is 0.191 e. The van der Waals surface area contributed by atoms with E-state index >= 15 is 0 Å². The molecule has 1 aromatic carbocycles. The normalized spacial score (nSPS) is 12.0. The van der Waals surface area contributed by atoms with Crippen LogP contribution in [0, 0.1) is 11.3 Å². The van der Waals surface area contributed by atoms with E-state index < -0.39 is 0 Å². The van der Waals surface area contributed by atoms with Crippen molar-refractivity contribution < 1.29 is 0 Å². The number of nitrogens with one attached hydrogen (secondary N) is 1. The van der Waals surface area contributed by atoms with Gasteiger partial charge in [-0.3, -0.25) is 4.98 Å². The van der Waals surface area contributed by atoms with Gasteiger partial charge in [0.15, 0.2) is 5.16 Å². The van der Waals surface area contributed by atoms with Crippen molar-refractivity contribution in [2.45, 2.75) is 17.3 Å². The Morgan fingerprint density at radius 2 is 2.00 bits per heavy atom. The van der Waals surface area contributed by atoms with E-state index in [4.69, 9.17) is 11.0 Å². The highest BCUT2D eigenvalue weighted by Gasteiger charge is 2.15. The third kappa shape index (κ3) is 3.48. The van der Waals surface area contributed by atoms with Crippen molar-refractivity contribution in [1.29, 1.82) is 5.26 Å². The summed E-state index contributed by atoms with van der Waals surface area (Å²) < 4.78 is 0. The number of aromatic amines is 1. The highest BCUT2D eigenvalue weighted by atomic mass is 32.2. The predicted molar refractivity (Wildman–Crippen MR) is 107 cm³/mol. The molecule has 27 heavy (non-hydrogen) atoms. The van der Waals surface area contributed by atoms with Crippen molar-refractivity contribution in [2.24, 2.45) is 0 Å². The molecule has 0 saturated heterocycles. The first-order valence-electron chi connectivity index (χ1n) is 8.38. The van der Waals surface area contributed by atoms with E-state index in [0.29, 0.717) is 5.16 Å². The van der Waals surface area contributed by atoms with Gasteiger partial charge in [-0.15, -0.1) is 0 Å². The van der Waals surface area contributed by atoms with Crippen LogP contribution >= 0.6 is 11.8 Å². The fraction of sp³-hybridized carbons (Fsp3) is 0.100. The van der Waals surface area contributed by atoms with E-state index in [-0.39, 0.29) is 16.8 Å². The molecule has 1 unspecified atom stereocenters. The van der Waals surface area contributed by atoms with Crippen LogP contribution < -0.4 is 5.73 Å². The first-order chi connectivity index (χ1) is 13.1. The van der Waals surface area contributed by atoms with Crippen molar-refractivity contribution in [3.63, 3.8) is 0 Å². The number of pyridine rings is 1. The molecule has 0 bridgehead atoms. The second-order valence-electron chi connectivity index (χ2n) is 6.06. The summed E-state index contributed by atoms with van der Waals surface area (Å²) in [7, 11) is 0. The van der Waals surface area contributed by atoms with Gasteiger partial charge in [0.2, 0.25) is 0 Å². The van der Waals surface area contributed by atoms with Crippen LogP contribution in [0.4, 0.5) is 5.82 Å². The van der Waals surface area contributed by atoms with Crippen LogP contribution in [-0.2, 0) is 0 Å². The van der Waals surface area contributed by atoms with Crippen LogP contribution in [0.2, 0.25) is 0 Å². The molecular weight excluding hydrogens is 356 g/mol. The van der Waals surface area contributed by atoms with Gasteiger partial charge >= 0.3 is 0 Å². The Labute approximate surface area is 160 Å². The molecule has 0 radical (unpaired) electrons. The molecule has 0 spiro atoms. The number of H-pyrrole nitrogens is 1. The van der Waals surface area contributed by atoms with E-state index in [1.54, 1.807) is 0 Å². The highest BCUT2D eigenvalue weighted by molar-refractivity contribution is 7.99. The fourth-order valence-corrected chi connectivity index (χ4v) is 3.76. The van der Waals surface area contributed by atoms with Crippen LogP contribution in [0.3, 0.4) is 0 Å². The molecule has 3 N–H and O–H groups in total. The van der Waals surface area contributed by atoms with E-state index in [0.717, 1.165) is 27.7 Å². The molecule has 6 nitrogen and oxygen atoms in total. The summed E-state index contributed by atoms with van der Waals surface area (Å²) in [6.45, 7) is 2.03. The molecule has 0 aliphatic rings. The summed E-state index contributed by atoms with van der Waals surface area (Å²) in [6.07, 6.45) is 3.85. The van der Waals surface area contributed by atoms with Crippen molar-refractivity contribution >= 4 is 28.5 Å². The summed E-state index contributed by atoms with van der Waals surface area (Å²) in [6, 6.07) is 15.8. The minimum Gasteiger partial charge on any atom is -0.384 e. The lowest BCUT2D eigenvalue weighted by molar-refractivity contribution is 0.936. The molecule has 3 heterocycles. The van der Waals surface area contributed by atoms with Crippen molar-refractivity contribution in [2.75, 3.05) is 5.73 Å². The first-order valence-corrected chi connectivity index (χ1v) is 9.26. The second-order valence-corrected chi connectivity index (χ2v) is 7.36. The van der Waals surface area contributed by atoms with Gasteiger partial charge in [-0.25, -0.2) is 9.97 Å². The Bertz CT molecular complexity index is 1150. The number of nitrogens with zero attached hydrogens (tertiary/aromatic N) is 4. The predicted octanol–water partition coefficient (Wildman–Crippen LogP) is 4.33. The standard InChI is InChI=1S/C20H16N6S/c1-12(27-20-25-14(9-21)7-19(22)26-20)17-8-15-16(10-23-18(15)11-24-17)13-5-3-2-4-6-13/h2-8,10-12,23H,1H3,(H2,22,25,26). The Morgan fingerprint density at radius 1 is 1.19 bits per heavy atom. The Balaban J connectivity index is 1.68. The molecule has 1 atom stereocenters. The number of rotatable bonds is 4. The van der Waals surface area contributed by atoms with Crippen molar-refractivity contribution in [1.82, 2.24) is 19.9 Å². The van der Waals surface area contributed by atoms with E-state index in [1.807, 2.05) is 43.6 Å². The summed E-state index contributed by atoms with van der Waals surface area (Å²) in [5, 5.41) is 10.6. The summed E-state index contributed by atoms with van der Waals surface area (Å²) in [5.41, 5.74) is 10.2. The summed E-state index contributed by atoms with van der Waals surface area (Å²) in [4.78, 5) is 16.3. The van der Waals surface area contributed by atoms with E-state index in [9.17, 15) is 0 Å². The second kappa shape index (κ2) is 7.09. The number of hydrogen-bond acceptors (Lipinski definition) is 6. The Kier molecular flexibility index (Phi) is 4.48. The zero-order chi connectivity index (χ0) is 18.8. The molecule has 0 fully saturated rings. The molecule has 0 aliphatic carbocycles. The van der Waals surface area contributed by atoms with Crippen LogP contribution in [0.1, 0.15) is 23.6 Å². The lowest BCUT2D eigenvalue weighted by atomic mass is 10.0. The van der Waals surface area contributed by atoms with Gasteiger partial charge in [0.1, 0.15) is 17.6 Å². The van der Waals surface area contributed by atoms with Crippen molar-refractivity contribution in [3.05, 3.63) is 66.2 Å². The minimum atomic E-state index is 0.00117. The number of benzene rings is 1. The van der Waals surface area contributed by atoms with Gasteiger partial charge in [-0.2, -0.15) is 5.26 Å². The molecule has 4 aromatic rings. The SMILES string of the molecule is CC(Sc1nc(N)cc(C#N)n1)c1cc2c(-c3ccccc3)c[nH]c2cn1. The average molecular weight is 372 g/mol. The van der Waals surface area contributed by atoms with Gasteiger partial charge in [-0.1, -0.05) is 42.1 Å². The maximum absolute atomic E-state index is 9.05. The molecule has 0 amide bonds. The average Bonchev–Trinajstić information content (AvgIpc) is 3.11. The van der Waals surface area contributed by atoms with Crippen LogP contribution in [0.5, 0.6) is 0 Å². The molecule has 132 valence electrons. The first kappa shape index (κ1) is 17.1. The summed E-state index contributed by atoms with van der Waals surface area (Å²) >= 11 is 1.43. The van der Waals surface area contributed by atoms with Gasteiger partial charge < -0.3 is 10.7 Å². The number of anilines is 1. The van der Waals surface area contributed by atoms with E-state index in [2.05, 4.69) is 38.1 Å². The van der Waals surface area contributed by atoms with Crippen LogP contribution in [0.15, 0.2) is 60.0 Å². The van der Waals surface area contributed by atoms with Gasteiger partial charge in [0, 0.05) is 23.2 Å². The molecular formula is C20H16N6S. The highest BCUT2D eigenvalue weighted by Crippen LogP contribution is 2.35. The number of fused-ring (bicyclic) bond motifs is 1. The molecule has 4 rings (SSSR count). The summed E-state index contributed by atoms with van der Waals surface area (Å²) in [5.74, 6) is 0.289. The van der Waals surface area contributed by atoms with Gasteiger partial charge in [-0.05, 0) is 18.6 Å². The number of hydrogen-bond donors (Lipinski definition) is 2. The quantitative estimate of drug-likeness (QED) is 0.408. The number of thioether (sulfide) groups is 1. The largest absolute Gasteiger partial charge is 0.384 e. The third-order valence-electron chi connectivity index (χ3n) is 4.21. The number of aromatic nitrogens is 4. The van der Waals surface area contributed by atoms with Crippen LogP contribution in [-0.4, -0.2) is 19.9 Å². The lowest BCUT2D eigenvalue weighted by Crippen LogP contribution is -1.99. The number of nitriles is 1. The smallest absolute Gasteiger partial charge is 0.191 e. The molecule has 0 aliphatic heterocycles. The minimum absolute atomic E-state index is 0.00117. The molecule has 0 saturated carbocycles. The maximum atomic E-state index is 9.05. The van der Waals surface area contributed by atoms with Crippen molar-refractivity contribution in [3.8, 4) is 17.2 Å².